The van der Waals surface area contributed by atoms with E-state index in [1.54, 1.807) is 0 Å². The molecule has 0 spiro atoms. The second-order valence-corrected chi connectivity index (χ2v) is 8.82. The minimum absolute atomic E-state index is 0.182. The lowest BCUT2D eigenvalue weighted by Gasteiger charge is -2.20. The third-order valence-corrected chi connectivity index (χ3v) is 6.20. The molecule has 3 heteroatoms. The summed E-state index contributed by atoms with van der Waals surface area (Å²) in [7, 11) is 0. The minimum atomic E-state index is -0.262. The first-order chi connectivity index (χ1) is 9.54. The average Bonchev–Trinajstić information content (AvgIpc) is 2.42. The van der Waals surface area contributed by atoms with Crippen LogP contribution in [-0.4, -0.2) is 6.61 Å². The second-order valence-electron chi connectivity index (χ2n) is 6.09. The molecular weight excluding hydrogens is 284 g/mol. The zero-order valence-electron chi connectivity index (χ0n) is 12.1. The molecule has 0 saturated heterocycles. The van der Waals surface area contributed by atoms with E-state index in [0.29, 0.717) is 0 Å². The molecule has 0 fully saturated rings. The van der Waals surface area contributed by atoms with Gasteiger partial charge in [-0.3, -0.25) is 0 Å². The molecular formula is C17H19OS2+. The minimum Gasteiger partial charge on any atom is -0.161 e. The first kappa shape index (κ1) is 14.1. The fraction of sp³-hybridized carbons (Fsp3) is 0.294. The van der Waals surface area contributed by atoms with Crippen molar-refractivity contribution in [2.24, 2.45) is 5.41 Å². The third-order valence-electron chi connectivity index (χ3n) is 2.93. The monoisotopic (exact) mass is 303 g/mol. The maximum absolute atomic E-state index is 6.31. The smallest absolute Gasteiger partial charge is 0.161 e. The fourth-order valence-corrected chi connectivity index (χ4v) is 5.41. The van der Waals surface area contributed by atoms with Gasteiger partial charge in [0, 0.05) is 0 Å². The number of rotatable bonds is 2. The van der Waals surface area contributed by atoms with Crippen molar-refractivity contribution in [3.8, 4) is 0 Å². The summed E-state index contributed by atoms with van der Waals surface area (Å²) in [5.74, 6) is 0. The highest BCUT2D eigenvalue weighted by Gasteiger charge is 2.39. The Balaban J connectivity index is 1.99. The highest BCUT2D eigenvalue weighted by Crippen LogP contribution is 2.45. The molecule has 1 heterocycles. The van der Waals surface area contributed by atoms with Crippen LogP contribution < -0.4 is 0 Å². The number of benzene rings is 2. The van der Waals surface area contributed by atoms with E-state index >= 15 is 0 Å². The normalized spacial score (nSPS) is 14.8. The Morgan fingerprint density at radius 3 is 1.90 bits per heavy atom. The van der Waals surface area contributed by atoms with E-state index < -0.39 is 0 Å². The van der Waals surface area contributed by atoms with Gasteiger partial charge >= 0.3 is 0 Å². The summed E-state index contributed by atoms with van der Waals surface area (Å²) in [6.45, 7) is 7.41. The summed E-state index contributed by atoms with van der Waals surface area (Å²) in [6.07, 6.45) is 0. The Morgan fingerprint density at radius 1 is 0.900 bits per heavy atom. The third kappa shape index (κ3) is 2.90. The molecule has 2 aromatic carbocycles. The molecule has 1 nitrogen and oxygen atoms in total. The summed E-state index contributed by atoms with van der Waals surface area (Å²) in [4.78, 5) is 5.28. The zero-order valence-corrected chi connectivity index (χ0v) is 13.7. The van der Waals surface area contributed by atoms with E-state index in [1.807, 2.05) is 11.8 Å². The van der Waals surface area contributed by atoms with Crippen LogP contribution in [0, 0.1) is 5.41 Å². The van der Waals surface area contributed by atoms with E-state index in [-0.39, 0.29) is 16.6 Å². The van der Waals surface area contributed by atoms with E-state index in [4.69, 9.17) is 4.18 Å². The van der Waals surface area contributed by atoms with Gasteiger partial charge in [-0.1, -0.05) is 56.8 Å². The van der Waals surface area contributed by atoms with Crippen molar-refractivity contribution in [1.82, 2.24) is 0 Å². The standard InChI is InChI=1S/C17H19OS2/c1-17(2,3)12-18-20-15-10-6-4-8-13(15)19-14-9-5-7-11-16(14)20/h4-11H,12H2,1-3H3/q+1. The molecule has 0 unspecified atom stereocenters. The van der Waals surface area contributed by atoms with Gasteiger partial charge in [-0.2, -0.15) is 4.18 Å². The molecule has 0 saturated carbocycles. The molecule has 1 aliphatic rings. The number of fused-ring (bicyclic) bond motifs is 2. The van der Waals surface area contributed by atoms with Crippen LogP contribution in [0.2, 0.25) is 0 Å². The zero-order chi connectivity index (χ0) is 14.2. The van der Waals surface area contributed by atoms with Crippen LogP contribution in [-0.2, 0) is 15.4 Å². The van der Waals surface area contributed by atoms with Gasteiger partial charge in [-0.15, -0.1) is 0 Å². The van der Waals surface area contributed by atoms with Crippen LogP contribution in [0.15, 0.2) is 68.1 Å². The Kier molecular flexibility index (Phi) is 3.85. The van der Waals surface area contributed by atoms with Gasteiger partial charge in [-0.05, 0) is 29.7 Å². The molecule has 0 bridgehead atoms. The average molecular weight is 303 g/mol. The lowest BCUT2D eigenvalue weighted by Crippen LogP contribution is -2.21. The highest BCUT2D eigenvalue weighted by molar-refractivity contribution is 8.02. The van der Waals surface area contributed by atoms with Gasteiger partial charge in [0.05, 0.1) is 9.79 Å². The quantitative estimate of drug-likeness (QED) is 0.708. The van der Waals surface area contributed by atoms with Gasteiger partial charge in [-0.25, -0.2) is 0 Å². The lowest BCUT2D eigenvalue weighted by atomic mass is 9.99. The summed E-state index contributed by atoms with van der Waals surface area (Å²) in [5, 5.41) is 0. The van der Waals surface area contributed by atoms with E-state index in [2.05, 4.69) is 69.3 Å². The van der Waals surface area contributed by atoms with E-state index in [1.165, 1.54) is 19.6 Å². The maximum atomic E-state index is 6.31. The van der Waals surface area contributed by atoms with Gasteiger partial charge in [0.1, 0.15) is 6.61 Å². The second kappa shape index (κ2) is 5.47. The van der Waals surface area contributed by atoms with Gasteiger partial charge in [0.2, 0.25) is 21.0 Å². The van der Waals surface area contributed by atoms with Gasteiger partial charge in [0.25, 0.3) is 0 Å². The molecule has 0 aromatic heterocycles. The largest absolute Gasteiger partial charge is 0.225 e. The molecule has 20 heavy (non-hydrogen) atoms. The predicted octanol–water partition coefficient (Wildman–Crippen LogP) is 5.17. The summed E-state index contributed by atoms with van der Waals surface area (Å²) in [6, 6.07) is 17.2. The van der Waals surface area contributed by atoms with Crippen molar-refractivity contribution >= 4 is 22.9 Å². The van der Waals surface area contributed by atoms with E-state index in [9.17, 15) is 0 Å². The Bertz CT molecular complexity index is 571. The SMILES string of the molecule is CC(C)(C)CO[S+]1c2ccccc2Sc2ccccc21. The first-order valence-electron chi connectivity index (χ1n) is 6.78. The first-order valence-corrected chi connectivity index (χ1v) is 8.75. The Hall–Kier alpha value is -0.900. The van der Waals surface area contributed by atoms with Crippen molar-refractivity contribution in [1.29, 1.82) is 0 Å². The van der Waals surface area contributed by atoms with E-state index in [0.717, 1.165) is 6.61 Å². The number of hydrogen-bond donors (Lipinski definition) is 0. The predicted molar refractivity (Wildman–Crippen MR) is 86.3 cm³/mol. The molecule has 2 aromatic rings. The van der Waals surface area contributed by atoms with Gasteiger partial charge < -0.3 is 0 Å². The molecule has 0 radical (unpaired) electrons. The van der Waals surface area contributed by atoms with Gasteiger partial charge in [0.15, 0.2) is 0 Å². The number of hydrogen-bond acceptors (Lipinski definition) is 2. The molecule has 104 valence electrons. The van der Waals surface area contributed by atoms with Crippen molar-refractivity contribution < 1.29 is 4.18 Å². The van der Waals surface area contributed by atoms with Crippen molar-refractivity contribution in [3.05, 3.63) is 48.5 Å². The molecule has 3 rings (SSSR count). The summed E-state index contributed by atoms with van der Waals surface area (Å²) >= 11 is 1.58. The summed E-state index contributed by atoms with van der Waals surface area (Å²) in [5.41, 5.74) is 0.182. The van der Waals surface area contributed by atoms with Crippen LogP contribution in [0.4, 0.5) is 0 Å². The molecule has 0 N–H and O–H groups in total. The Labute approximate surface area is 128 Å². The van der Waals surface area contributed by atoms with Crippen molar-refractivity contribution in [3.63, 3.8) is 0 Å². The van der Waals surface area contributed by atoms with Crippen LogP contribution in [0.1, 0.15) is 20.8 Å². The van der Waals surface area contributed by atoms with Crippen LogP contribution in [0.5, 0.6) is 0 Å². The fourth-order valence-electron chi connectivity index (χ4n) is 1.97. The highest BCUT2D eigenvalue weighted by atomic mass is 32.2. The molecule has 0 atom stereocenters. The summed E-state index contributed by atoms with van der Waals surface area (Å²) < 4.78 is 6.31. The maximum Gasteiger partial charge on any atom is 0.225 e. The lowest BCUT2D eigenvalue weighted by molar-refractivity contribution is 0.219. The van der Waals surface area contributed by atoms with Crippen molar-refractivity contribution in [2.75, 3.05) is 6.61 Å². The molecule has 0 aliphatic carbocycles. The van der Waals surface area contributed by atoms with Crippen molar-refractivity contribution in [2.45, 2.75) is 40.4 Å². The molecule has 0 amide bonds. The van der Waals surface area contributed by atoms with Crippen LogP contribution in [0.25, 0.3) is 0 Å². The topological polar surface area (TPSA) is 9.23 Å². The van der Waals surface area contributed by atoms with Crippen LogP contribution >= 0.6 is 11.8 Å². The Morgan fingerprint density at radius 2 is 1.40 bits per heavy atom. The van der Waals surface area contributed by atoms with Crippen LogP contribution in [0.3, 0.4) is 0 Å². The molecule has 1 aliphatic heterocycles.